The van der Waals surface area contributed by atoms with Gasteiger partial charge in [-0.1, -0.05) is 52.9 Å². The highest BCUT2D eigenvalue weighted by Gasteiger charge is 2.36. The minimum absolute atomic E-state index is 0.319. The molecule has 0 amide bonds. The second-order valence-electron chi connectivity index (χ2n) is 5.75. The van der Waals surface area contributed by atoms with Crippen molar-refractivity contribution >= 4 is 0 Å². The van der Waals surface area contributed by atoms with E-state index in [1.165, 1.54) is 51.4 Å². The minimum atomic E-state index is 0.319. The molecule has 1 unspecified atom stereocenters. The maximum atomic E-state index is 3.58. The largest absolute Gasteiger partial charge is 0.315 e. The van der Waals surface area contributed by atoms with Gasteiger partial charge in [0.15, 0.2) is 0 Å². The standard InChI is InChI=1S/C16H36N2/c1-7-10-11-12-13-14-15(17-4)16(8-2,9-3)18(5)6/h15,17H,7-14H2,1-6H3. The molecule has 0 heterocycles. The summed E-state index contributed by atoms with van der Waals surface area (Å²) in [4.78, 5) is 2.43. The van der Waals surface area contributed by atoms with Crippen molar-refractivity contribution in [1.29, 1.82) is 0 Å². The Hall–Kier alpha value is -0.0800. The summed E-state index contributed by atoms with van der Waals surface area (Å²) in [6, 6.07) is 0.615. The van der Waals surface area contributed by atoms with Crippen LogP contribution in [0.3, 0.4) is 0 Å². The van der Waals surface area contributed by atoms with Crippen LogP contribution < -0.4 is 5.32 Å². The van der Waals surface area contributed by atoms with E-state index in [0.717, 1.165) is 0 Å². The Bertz CT molecular complexity index is 186. The number of hydrogen-bond acceptors (Lipinski definition) is 2. The lowest BCUT2D eigenvalue weighted by Gasteiger charge is -2.45. The van der Waals surface area contributed by atoms with E-state index in [1.54, 1.807) is 0 Å². The Morgan fingerprint density at radius 2 is 1.50 bits per heavy atom. The lowest BCUT2D eigenvalue weighted by molar-refractivity contribution is 0.0864. The van der Waals surface area contributed by atoms with Gasteiger partial charge in [0.05, 0.1) is 0 Å². The molecule has 0 bridgehead atoms. The highest BCUT2D eigenvalue weighted by molar-refractivity contribution is 4.96. The Balaban J connectivity index is 4.34. The predicted octanol–water partition coefficient (Wildman–Crippen LogP) is 4.06. The predicted molar refractivity (Wildman–Crippen MR) is 83.2 cm³/mol. The van der Waals surface area contributed by atoms with Crippen molar-refractivity contribution in [3.8, 4) is 0 Å². The molecule has 0 rings (SSSR count). The second-order valence-corrected chi connectivity index (χ2v) is 5.75. The minimum Gasteiger partial charge on any atom is -0.315 e. The molecule has 18 heavy (non-hydrogen) atoms. The van der Waals surface area contributed by atoms with E-state index < -0.39 is 0 Å². The van der Waals surface area contributed by atoms with Gasteiger partial charge in [-0.25, -0.2) is 0 Å². The summed E-state index contributed by atoms with van der Waals surface area (Å²) in [7, 11) is 6.59. The zero-order valence-electron chi connectivity index (χ0n) is 13.7. The van der Waals surface area contributed by atoms with Crippen molar-refractivity contribution in [2.75, 3.05) is 21.1 Å². The topological polar surface area (TPSA) is 15.3 Å². The molecule has 1 atom stereocenters. The fraction of sp³-hybridized carbons (Fsp3) is 1.00. The fourth-order valence-corrected chi connectivity index (χ4v) is 3.32. The van der Waals surface area contributed by atoms with Crippen molar-refractivity contribution in [2.24, 2.45) is 0 Å². The number of likely N-dealkylation sites (N-methyl/N-ethyl adjacent to an activating group) is 2. The lowest BCUT2D eigenvalue weighted by Crippen LogP contribution is -2.57. The number of unbranched alkanes of at least 4 members (excludes halogenated alkanes) is 4. The van der Waals surface area contributed by atoms with Crippen LogP contribution in [0.15, 0.2) is 0 Å². The molecule has 0 aliphatic carbocycles. The summed E-state index contributed by atoms with van der Waals surface area (Å²) in [6.45, 7) is 6.93. The Labute approximate surface area is 116 Å². The van der Waals surface area contributed by atoms with Crippen LogP contribution in [-0.2, 0) is 0 Å². The molecule has 0 saturated heterocycles. The van der Waals surface area contributed by atoms with Gasteiger partial charge < -0.3 is 10.2 Å². The van der Waals surface area contributed by atoms with Crippen LogP contribution in [0.2, 0.25) is 0 Å². The van der Waals surface area contributed by atoms with Crippen molar-refractivity contribution in [3.63, 3.8) is 0 Å². The monoisotopic (exact) mass is 256 g/mol. The molecule has 0 spiro atoms. The highest BCUT2D eigenvalue weighted by Crippen LogP contribution is 2.28. The molecule has 2 heteroatoms. The smallest absolute Gasteiger partial charge is 0.0351 e. The van der Waals surface area contributed by atoms with E-state index >= 15 is 0 Å². The van der Waals surface area contributed by atoms with Gasteiger partial charge in [0.1, 0.15) is 0 Å². The van der Waals surface area contributed by atoms with Crippen LogP contribution in [0, 0.1) is 0 Å². The van der Waals surface area contributed by atoms with Gasteiger partial charge in [0.2, 0.25) is 0 Å². The molecule has 0 aliphatic heterocycles. The molecular formula is C16H36N2. The third kappa shape index (κ3) is 4.89. The lowest BCUT2D eigenvalue weighted by atomic mass is 9.80. The van der Waals surface area contributed by atoms with E-state index in [2.05, 4.69) is 52.1 Å². The molecule has 0 aliphatic rings. The SMILES string of the molecule is CCCCCCCC(NC)C(CC)(CC)N(C)C. The maximum absolute atomic E-state index is 3.58. The van der Waals surface area contributed by atoms with E-state index in [1.807, 2.05) is 0 Å². The number of rotatable bonds is 11. The van der Waals surface area contributed by atoms with Gasteiger partial charge in [0, 0.05) is 11.6 Å². The zero-order chi connectivity index (χ0) is 14.0. The Kier molecular flexibility index (Phi) is 9.76. The summed E-state index contributed by atoms with van der Waals surface area (Å²) in [6.07, 6.45) is 10.6. The molecule has 0 radical (unpaired) electrons. The molecule has 0 saturated carbocycles. The van der Waals surface area contributed by atoms with Crippen molar-refractivity contribution in [1.82, 2.24) is 10.2 Å². The van der Waals surface area contributed by atoms with Crippen LogP contribution >= 0.6 is 0 Å². The van der Waals surface area contributed by atoms with Gasteiger partial charge in [-0.15, -0.1) is 0 Å². The molecule has 0 aromatic heterocycles. The van der Waals surface area contributed by atoms with Crippen molar-refractivity contribution in [2.45, 2.75) is 83.7 Å². The van der Waals surface area contributed by atoms with E-state index in [9.17, 15) is 0 Å². The van der Waals surface area contributed by atoms with Crippen LogP contribution in [0.1, 0.15) is 72.1 Å². The van der Waals surface area contributed by atoms with E-state index in [0.29, 0.717) is 11.6 Å². The van der Waals surface area contributed by atoms with Crippen molar-refractivity contribution < 1.29 is 0 Å². The fourth-order valence-electron chi connectivity index (χ4n) is 3.32. The first-order valence-electron chi connectivity index (χ1n) is 7.93. The molecule has 0 aromatic rings. The zero-order valence-corrected chi connectivity index (χ0v) is 13.7. The van der Waals surface area contributed by atoms with E-state index in [4.69, 9.17) is 0 Å². The van der Waals surface area contributed by atoms with Gasteiger partial charge in [0.25, 0.3) is 0 Å². The quantitative estimate of drug-likeness (QED) is 0.561. The Morgan fingerprint density at radius 3 is 1.89 bits per heavy atom. The van der Waals surface area contributed by atoms with Gasteiger partial charge in [-0.2, -0.15) is 0 Å². The third-order valence-electron chi connectivity index (χ3n) is 4.71. The van der Waals surface area contributed by atoms with Gasteiger partial charge >= 0.3 is 0 Å². The second kappa shape index (κ2) is 9.80. The normalized spacial score (nSPS) is 14.2. The first kappa shape index (κ1) is 17.9. The summed E-state index contributed by atoms with van der Waals surface area (Å²) in [5.41, 5.74) is 0.319. The molecule has 0 fully saturated rings. The summed E-state index contributed by atoms with van der Waals surface area (Å²) >= 11 is 0. The molecule has 110 valence electrons. The first-order chi connectivity index (χ1) is 8.58. The third-order valence-corrected chi connectivity index (χ3v) is 4.71. The number of nitrogens with one attached hydrogen (secondary N) is 1. The number of hydrogen-bond donors (Lipinski definition) is 1. The van der Waals surface area contributed by atoms with Crippen LogP contribution in [0.25, 0.3) is 0 Å². The molecule has 0 aromatic carbocycles. The van der Waals surface area contributed by atoms with Crippen LogP contribution in [-0.4, -0.2) is 37.6 Å². The van der Waals surface area contributed by atoms with E-state index in [-0.39, 0.29) is 0 Å². The van der Waals surface area contributed by atoms with Gasteiger partial charge in [-0.05, 0) is 40.4 Å². The molecule has 1 N–H and O–H groups in total. The van der Waals surface area contributed by atoms with Crippen LogP contribution in [0.4, 0.5) is 0 Å². The first-order valence-corrected chi connectivity index (χ1v) is 7.93. The number of nitrogens with zero attached hydrogens (tertiary/aromatic N) is 1. The molecule has 2 nitrogen and oxygen atoms in total. The summed E-state index contributed by atoms with van der Waals surface area (Å²) in [5, 5.41) is 3.58. The highest BCUT2D eigenvalue weighted by atomic mass is 15.2. The molecular weight excluding hydrogens is 220 g/mol. The average Bonchev–Trinajstić information content (AvgIpc) is 2.37. The van der Waals surface area contributed by atoms with Crippen LogP contribution in [0.5, 0.6) is 0 Å². The maximum Gasteiger partial charge on any atom is 0.0351 e. The summed E-state index contributed by atoms with van der Waals surface area (Å²) in [5.74, 6) is 0. The summed E-state index contributed by atoms with van der Waals surface area (Å²) < 4.78 is 0. The van der Waals surface area contributed by atoms with Gasteiger partial charge in [-0.3, -0.25) is 0 Å². The average molecular weight is 256 g/mol. The van der Waals surface area contributed by atoms with Crippen molar-refractivity contribution in [3.05, 3.63) is 0 Å². The Morgan fingerprint density at radius 1 is 0.944 bits per heavy atom.